The summed E-state index contributed by atoms with van der Waals surface area (Å²) in [6.07, 6.45) is 7.04. The molecule has 154 valence electrons. The van der Waals surface area contributed by atoms with Gasteiger partial charge in [0.25, 0.3) is 0 Å². The normalized spacial score (nSPS) is 23.3. The van der Waals surface area contributed by atoms with Crippen LogP contribution in [0, 0.1) is 0 Å². The summed E-state index contributed by atoms with van der Waals surface area (Å²) in [6.45, 7) is 0. The fourth-order valence-corrected chi connectivity index (χ4v) is 2.83. The van der Waals surface area contributed by atoms with Crippen molar-refractivity contribution in [1.82, 2.24) is 0 Å². The van der Waals surface area contributed by atoms with E-state index in [2.05, 4.69) is 9.78 Å². The molecule has 1 aliphatic rings. The molecule has 1 fully saturated rings. The summed E-state index contributed by atoms with van der Waals surface area (Å²) in [6, 6.07) is 0. The van der Waals surface area contributed by atoms with Crippen LogP contribution in [0.5, 0.6) is 0 Å². The predicted molar refractivity (Wildman–Crippen MR) is 94.3 cm³/mol. The molecule has 0 saturated carbocycles. The molecule has 0 aromatic rings. The number of hydrogen-bond donors (Lipinski definition) is 1. The van der Waals surface area contributed by atoms with Crippen molar-refractivity contribution < 1.29 is 38.8 Å². The van der Waals surface area contributed by atoms with Crippen molar-refractivity contribution in [1.29, 1.82) is 0 Å². The number of hydrogen-bond acceptors (Lipinski definition) is 7. The van der Waals surface area contributed by atoms with Crippen LogP contribution < -0.4 is 0 Å². The fourth-order valence-electron chi connectivity index (χ4n) is 2.83. The fraction of sp³-hybridized carbons (Fsp3) is 0.789. The molecule has 0 bridgehead atoms. The molecule has 1 rings (SSSR count). The lowest BCUT2D eigenvalue weighted by Gasteiger charge is -2.13. The quantitative estimate of drug-likeness (QED) is 0.538. The maximum Gasteiger partial charge on any atom is 0.355 e. The Balaban J connectivity index is 2.45. The molecule has 0 amide bonds. The minimum Gasteiger partial charge on any atom is -0.479 e. The molecule has 1 atom stereocenters. The average molecular weight is 386 g/mol. The number of esters is 1. The molecule has 0 aliphatic carbocycles. The van der Waals surface area contributed by atoms with Gasteiger partial charge in [0.2, 0.25) is 0 Å². The molecule has 1 N–H and O–H groups in total. The standard InChI is InChI=1S/C19H30O8/c20-16-12-8-3-1-2-4-9-13-17(21)26-27-18(22)14-10-6-5-7-11-15(25-16)19(23)24/h15H,1-14H2,(H,23,24). The largest absolute Gasteiger partial charge is 0.479 e. The Kier molecular flexibility index (Phi) is 11.9. The highest BCUT2D eigenvalue weighted by molar-refractivity contribution is 5.77. The number of carbonyl (C=O) groups excluding carboxylic acids is 3. The van der Waals surface area contributed by atoms with Crippen molar-refractivity contribution in [2.75, 3.05) is 0 Å². The predicted octanol–water partition coefficient (Wildman–Crippen LogP) is 3.46. The van der Waals surface area contributed by atoms with Crippen LogP contribution in [0.4, 0.5) is 0 Å². The molecule has 0 aromatic carbocycles. The van der Waals surface area contributed by atoms with Gasteiger partial charge in [0.15, 0.2) is 6.10 Å². The lowest BCUT2D eigenvalue weighted by molar-refractivity contribution is -0.259. The van der Waals surface area contributed by atoms with Crippen molar-refractivity contribution in [2.24, 2.45) is 0 Å². The van der Waals surface area contributed by atoms with E-state index in [1.807, 2.05) is 0 Å². The highest BCUT2D eigenvalue weighted by Crippen LogP contribution is 2.14. The van der Waals surface area contributed by atoms with E-state index in [-0.39, 0.29) is 25.7 Å². The molecule has 1 heterocycles. The van der Waals surface area contributed by atoms with Gasteiger partial charge >= 0.3 is 23.9 Å². The molecule has 0 radical (unpaired) electrons. The Morgan fingerprint density at radius 2 is 1.07 bits per heavy atom. The van der Waals surface area contributed by atoms with Crippen LogP contribution in [0.25, 0.3) is 0 Å². The average Bonchev–Trinajstić information content (AvgIpc) is 2.63. The van der Waals surface area contributed by atoms with Crippen molar-refractivity contribution >= 4 is 23.9 Å². The second-order valence-corrected chi connectivity index (χ2v) is 6.80. The molecular formula is C19H30O8. The van der Waals surface area contributed by atoms with Crippen LogP contribution in [0.1, 0.15) is 89.9 Å². The Morgan fingerprint density at radius 3 is 1.56 bits per heavy atom. The van der Waals surface area contributed by atoms with Gasteiger partial charge in [0.05, 0.1) is 12.8 Å². The van der Waals surface area contributed by atoms with E-state index in [1.54, 1.807) is 0 Å². The van der Waals surface area contributed by atoms with Gasteiger partial charge in [-0.05, 0) is 32.1 Å². The van der Waals surface area contributed by atoms with E-state index < -0.39 is 30.0 Å². The highest BCUT2D eigenvalue weighted by Gasteiger charge is 2.21. The molecule has 27 heavy (non-hydrogen) atoms. The zero-order valence-electron chi connectivity index (χ0n) is 15.8. The lowest BCUT2D eigenvalue weighted by Crippen LogP contribution is -2.27. The first-order valence-electron chi connectivity index (χ1n) is 9.81. The van der Waals surface area contributed by atoms with Crippen molar-refractivity contribution in [3.05, 3.63) is 0 Å². The maximum absolute atomic E-state index is 11.8. The Morgan fingerprint density at radius 1 is 0.667 bits per heavy atom. The topological polar surface area (TPSA) is 116 Å². The summed E-state index contributed by atoms with van der Waals surface area (Å²) in [5.41, 5.74) is 0. The summed E-state index contributed by atoms with van der Waals surface area (Å²) in [5, 5.41) is 9.17. The van der Waals surface area contributed by atoms with Crippen LogP contribution >= 0.6 is 0 Å². The summed E-state index contributed by atoms with van der Waals surface area (Å²) in [4.78, 5) is 55.0. The van der Waals surface area contributed by atoms with Crippen LogP contribution in [0.2, 0.25) is 0 Å². The third-order valence-corrected chi connectivity index (χ3v) is 4.39. The van der Waals surface area contributed by atoms with E-state index in [9.17, 15) is 24.3 Å². The zero-order valence-corrected chi connectivity index (χ0v) is 15.8. The molecule has 0 aromatic heterocycles. The first kappa shape index (κ1) is 22.9. The van der Waals surface area contributed by atoms with Crippen LogP contribution in [0.3, 0.4) is 0 Å². The number of ether oxygens (including phenoxy) is 1. The number of carboxylic acids is 1. The molecular weight excluding hydrogens is 356 g/mol. The third kappa shape index (κ3) is 12.0. The van der Waals surface area contributed by atoms with Gasteiger partial charge in [0.1, 0.15) is 0 Å². The van der Waals surface area contributed by atoms with Crippen molar-refractivity contribution in [3.63, 3.8) is 0 Å². The first-order valence-corrected chi connectivity index (χ1v) is 9.81. The zero-order chi connectivity index (χ0) is 19.9. The number of carbonyl (C=O) groups is 4. The summed E-state index contributed by atoms with van der Waals surface area (Å²) < 4.78 is 5.07. The Labute approximate surface area is 159 Å². The number of aliphatic carboxylic acids is 1. The lowest BCUT2D eigenvalue weighted by atomic mass is 10.1. The second-order valence-electron chi connectivity index (χ2n) is 6.80. The summed E-state index contributed by atoms with van der Waals surface area (Å²) in [5.74, 6) is -2.74. The monoisotopic (exact) mass is 386 g/mol. The van der Waals surface area contributed by atoms with E-state index in [1.165, 1.54) is 0 Å². The van der Waals surface area contributed by atoms with Gasteiger partial charge in [0, 0.05) is 6.42 Å². The van der Waals surface area contributed by atoms with Crippen LogP contribution in [-0.2, 0) is 33.7 Å². The van der Waals surface area contributed by atoms with Gasteiger partial charge in [-0.2, -0.15) is 0 Å². The smallest absolute Gasteiger partial charge is 0.355 e. The maximum atomic E-state index is 11.8. The second kappa shape index (κ2) is 14.0. The molecule has 8 heteroatoms. The van der Waals surface area contributed by atoms with Crippen molar-refractivity contribution in [3.8, 4) is 0 Å². The van der Waals surface area contributed by atoms with Gasteiger partial charge in [-0.3, -0.25) is 4.79 Å². The third-order valence-electron chi connectivity index (χ3n) is 4.39. The molecule has 1 aliphatic heterocycles. The minimum absolute atomic E-state index is 0.130. The van der Waals surface area contributed by atoms with Crippen molar-refractivity contribution in [2.45, 2.75) is 96.0 Å². The van der Waals surface area contributed by atoms with Crippen LogP contribution in [-0.4, -0.2) is 35.1 Å². The van der Waals surface area contributed by atoms with Gasteiger partial charge in [-0.15, -0.1) is 0 Å². The molecule has 8 nitrogen and oxygen atoms in total. The number of rotatable bonds is 1. The van der Waals surface area contributed by atoms with E-state index >= 15 is 0 Å². The number of cyclic esters (lactones) is 1. The summed E-state index contributed by atoms with van der Waals surface area (Å²) >= 11 is 0. The molecule has 0 spiro atoms. The number of carboxylic acid groups (broad SMARTS) is 1. The van der Waals surface area contributed by atoms with Crippen LogP contribution in [0.15, 0.2) is 0 Å². The highest BCUT2D eigenvalue weighted by atomic mass is 17.2. The molecule has 1 unspecified atom stereocenters. The Bertz CT molecular complexity index is 488. The SMILES string of the molecule is O=C1CCCCCCCCC(=O)OC(C(=O)O)CCCCCCC(=O)OO1. The Hall–Kier alpha value is -2.12. The van der Waals surface area contributed by atoms with Gasteiger partial charge in [-0.25, -0.2) is 24.2 Å². The van der Waals surface area contributed by atoms with Gasteiger partial charge < -0.3 is 9.84 Å². The molecule has 1 saturated heterocycles. The van der Waals surface area contributed by atoms with E-state index in [0.29, 0.717) is 38.5 Å². The van der Waals surface area contributed by atoms with E-state index in [0.717, 1.165) is 25.7 Å². The summed E-state index contributed by atoms with van der Waals surface area (Å²) in [7, 11) is 0. The minimum atomic E-state index is -1.13. The van der Waals surface area contributed by atoms with E-state index in [4.69, 9.17) is 4.74 Å². The van der Waals surface area contributed by atoms with Gasteiger partial charge in [-0.1, -0.05) is 38.5 Å². The first-order chi connectivity index (χ1) is 13.0.